The summed E-state index contributed by atoms with van der Waals surface area (Å²) in [5.41, 5.74) is 0.00320. The molecular weight excluding hydrogens is 222 g/mol. The van der Waals surface area contributed by atoms with E-state index in [1.54, 1.807) is 18.2 Å². The normalized spacial score (nSPS) is 10.2. The molecule has 0 spiro atoms. The van der Waals surface area contributed by atoms with Crippen LogP contribution < -0.4 is 9.47 Å². The highest BCUT2D eigenvalue weighted by Crippen LogP contribution is 2.32. The highest BCUT2D eigenvalue weighted by atomic mass is 16.5. The van der Waals surface area contributed by atoms with Crippen molar-refractivity contribution in [1.82, 2.24) is 4.98 Å². The molecule has 1 N–H and O–H groups in total. The fourth-order valence-corrected chi connectivity index (χ4v) is 1.67. The van der Waals surface area contributed by atoms with Crippen LogP contribution in [0.4, 0.5) is 0 Å². The maximum absolute atomic E-state index is 11.0. The van der Waals surface area contributed by atoms with Gasteiger partial charge in [0, 0.05) is 11.6 Å². The Kier molecular flexibility index (Phi) is 2.82. The van der Waals surface area contributed by atoms with Gasteiger partial charge in [-0.15, -0.1) is 0 Å². The van der Waals surface area contributed by atoms with Crippen molar-refractivity contribution >= 4 is 16.7 Å². The molecule has 0 saturated heterocycles. The molecule has 2 aromatic rings. The van der Waals surface area contributed by atoms with Crippen LogP contribution in [0.1, 0.15) is 10.5 Å². The molecule has 5 nitrogen and oxygen atoms in total. The van der Waals surface area contributed by atoms with Crippen LogP contribution in [-0.2, 0) is 0 Å². The number of carbonyl (C=O) groups is 1. The molecule has 0 atom stereocenters. The van der Waals surface area contributed by atoms with E-state index in [0.29, 0.717) is 16.9 Å². The van der Waals surface area contributed by atoms with E-state index in [1.807, 2.05) is 0 Å². The minimum atomic E-state index is -1.07. The molecular formula is C12H11NO4. The molecule has 5 heteroatoms. The summed E-state index contributed by atoms with van der Waals surface area (Å²) in [4.78, 5) is 14.9. The number of aromatic nitrogens is 1. The zero-order valence-electron chi connectivity index (χ0n) is 9.43. The van der Waals surface area contributed by atoms with Crippen molar-refractivity contribution in [1.29, 1.82) is 0 Å². The number of carboxylic acid groups (broad SMARTS) is 1. The molecule has 0 bridgehead atoms. The lowest BCUT2D eigenvalue weighted by Crippen LogP contribution is -2.01. The Morgan fingerprint density at radius 2 is 1.88 bits per heavy atom. The molecule has 2 rings (SSSR count). The van der Waals surface area contributed by atoms with Gasteiger partial charge in [0.2, 0.25) is 0 Å². The molecule has 0 unspecified atom stereocenters. The second-order valence-corrected chi connectivity index (χ2v) is 3.39. The average Bonchev–Trinajstić information content (AvgIpc) is 2.35. The minimum absolute atomic E-state index is 0.00320. The van der Waals surface area contributed by atoms with E-state index in [2.05, 4.69) is 4.98 Å². The fraction of sp³-hybridized carbons (Fsp3) is 0.167. The number of benzene rings is 1. The number of pyridine rings is 1. The Hall–Kier alpha value is -2.30. The van der Waals surface area contributed by atoms with Gasteiger partial charge >= 0.3 is 5.97 Å². The second-order valence-electron chi connectivity index (χ2n) is 3.39. The Balaban J connectivity index is 2.78. The van der Waals surface area contributed by atoms with Crippen LogP contribution in [-0.4, -0.2) is 30.3 Å². The molecule has 0 fully saturated rings. The first-order chi connectivity index (χ1) is 8.17. The molecule has 1 aromatic heterocycles. The van der Waals surface area contributed by atoms with Crippen molar-refractivity contribution in [2.24, 2.45) is 0 Å². The quantitative estimate of drug-likeness (QED) is 0.877. The van der Waals surface area contributed by atoms with Crippen LogP contribution in [0.3, 0.4) is 0 Å². The van der Waals surface area contributed by atoms with Gasteiger partial charge in [0.05, 0.1) is 14.2 Å². The molecule has 0 saturated carbocycles. The van der Waals surface area contributed by atoms with Gasteiger partial charge in [-0.3, -0.25) is 0 Å². The topological polar surface area (TPSA) is 68.7 Å². The summed E-state index contributed by atoms with van der Waals surface area (Å²) >= 11 is 0. The van der Waals surface area contributed by atoms with Gasteiger partial charge in [-0.2, -0.15) is 0 Å². The highest BCUT2D eigenvalue weighted by Gasteiger charge is 2.13. The molecule has 1 heterocycles. The molecule has 0 aliphatic heterocycles. The van der Waals surface area contributed by atoms with Crippen LogP contribution in [0, 0.1) is 0 Å². The summed E-state index contributed by atoms with van der Waals surface area (Å²) in [7, 11) is 3.03. The summed E-state index contributed by atoms with van der Waals surface area (Å²) in [6.07, 6.45) is 1.46. The van der Waals surface area contributed by atoms with Crippen LogP contribution in [0.15, 0.2) is 24.4 Å². The largest absolute Gasteiger partial charge is 0.493 e. The summed E-state index contributed by atoms with van der Waals surface area (Å²) in [5, 5.41) is 10.3. The zero-order chi connectivity index (χ0) is 12.4. The predicted octanol–water partition coefficient (Wildman–Crippen LogP) is 1.95. The van der Waals surface area contributed by atoms with Gasteiger partial charge in [-0.05, 0) is 23.6 Å². The third-order valence-electron chi connectivity index (χ3n) is 2.47. The molecule has 17 heavy (non-hydrogen) atoms. The number of aromatic carboxylic acids is 1. The van der Waals surface area contributed by atoms with E-state index in [-0.39, 0.29) is 5.69 Å². The van der Waals surface area contributed by atoms with Crippen molar-refractivity contribution in [3.8, 4) is 11.5 Å². The smallest absolute Gasteiger partial charge is 0.355 e. The molecule has 0 radical (unpaired) electrons. The van der Waals surface area contributed by atoms with E-state index in [4.69, 9.17) is 14.6 Å². The standard InChI is InChI=1S/C12H11NO4/c1-16-9-5-7-3-4-13-11(12(14)15)8(7)6-10(9)17-2/h3-6H,1-2H3,(H,14,15). The lowest BCUT2D eigenvalue weighted by atomic mass is 10.1. The average molecular weight is 233 g/mol. The number of hydrogen-bond acceptors (Lipinski definition) is 4. The van der Waals surface area contributed by atoms with Gasteiger partial charge in [-0.25, -0.2) is 9.78 Å². The molecule has 0 amide bonds. The SMILES string of the molecule is COc1cc2ccnc(C(=O)O)c2cc1OC. The minimum Gasteiger partial charge on any atom is -0.493 e. The Labute approximate surface area is 97.6 Å². The van der Waals surface area contributed by atoms with Crippen LogP contribution >= 0.6 is 0 Å². The maximum Gasteiger partial charge on any atom is 0.355 e. The molecule has 0 aliphatic carbocycles. The third kappa shape index (κ3) is 1.87. The van der Waals surface area contributed by atoms with Gasteiger partial charge in [0.15, 0.2) is 17.2 Å². The summed E-state index contributed by atoms with van der Waals surface area (Å²) in [5.74, 6) is -0.0270. The number of rotatable bonds is 3. The highest BCUT2D eigenvalue weighted by molar-refractivity contribution is 6.02. The summed E-state index contributed by atoms with van der Waals surface area (Å²) < 4.78 is 10.3. The first-order valence-electron chi connectivity index (χ1n) is 4.91. The Morgan fingerprint density at radius 3 is 2.47 bits per heavy atom. The lowest BCUT2D eigenvalue weighted by Gasteiger charge is -2.09. The first-order valence-corrected chi connectivity index (χ1v) is 4.91. The van der Waals surface area contributed by atoms with Crippen LogP contribution in [0.25, 0.3) is 10.8 Å². The summed E-state index contributed by atoms with van der Waals surface area (Å²) in [6, 6.07) is 5.07. The van der Waals surface area contributed by atoms with E-state index >= 15 is 0 Å². The van der Waals surface area contributed by atoms with Gasteiger partial charge in [0.25, 0.3) is 0 Å². The summed E-state index contributed by atoms with van der Waals surface area (Å²) in [6.45, 7) is 0. The molecule has 88 valence electrons. The van der Waals surface area contributed by atoms with Crippen LogP contribution in [0.5, 0.6) is 11.5 Å². The monoisotopic (exact) mass is 233 g/mol. The number of methoxy groups -OCH3 is 2. The number of hydrogen-bond donors (Lipinski definition) is 1. The zero-order valence-corrected chi connectivity index (χ0v) is 9.43. The van der Waals surface area contributed by atoms with Crippen molar-refractivity contribution < 1.29 is 19.4 Å². The predicted molar refractivity (Wildman–Crippen MR) is 61.8 cm³/mol. The number of fused-ring (bicyclic) bond motifs is 1. The number of ether oxygens (including phenoxy) is 2. The van der Waals surface area contributed by atoms with E-state index in [9.17, 15) is 4.79 Å². The Morgan fingerprint density at radius 1 is 1.24 bits per heavy atom. The lowest BCUT2D eigenvalue weighted by molar-refractivity contribution is 0.0693. The Bertz CT molecular complexity index is 580. The van der Waals surface area contributed by atoms with Crippen LogP contribution in [0.2, 0.25) is 0 Å². The number of carboxylic acids is 1. The van der Waals surface area contributed by atoms with E-state index in [0.717, 1.165) is 5.39 Å². The van der Waals surface area contributed by atoms with Gasteiger partial charge in [0.1, 0.15) is 0 Å². The van der Waals surface area contributed by atoms with Crippen molar-refractivity contribution in [3.05, 3.63) is 30.1 Å². The van der Waals surface area contributed by atoms with Crippen molar-refractivity contribution in [2.45, 2.75) is 0 Å². The molecule has 0 aliphatic rings. The van der Waals surface area contributed by atoms with Crippen molar-refractivity contribution in [3.63, 3.8) is 0 Å². The van der Waals surface area contributed by atoms with Gasteiger partial charge in [-0.1, -0.05) is 0 Å². The van der Waals surface area contributed by atoms with E-state index in [1.165, 1.54) is 20.4 Å². The third-order valence-corrected chi connectivity index (χ3v) is 2.47. The number of nitrogens with zero attached hydrogens (tertiary/aromatic N) is 1. The molecule has 1 aromatic carbocycles. The van der Waals surface area contributed by atoms with Crippen molar-refractivity contribution in [2.75, 3.05) is 14.2 Å². The van der Waals surface area contributed by atoms with Gasteiger partial charge < -0.3 is 14.6 Å². The fourth-order valence-electron chi connectivity index (χ4n) is 1.67. The maximum atomic E-state index is 11.0. The first kappa shape index (κ1) is 11.2. The second kappa shape index (κ2) is 4.29. The van der Waals surface area contributed by atoms with E-state index < -0.39 is 5.97 Å².